The fraction of sp³-hybridized carbons (Fsp3) is 0.579. The predicted molar refractivity (Wildman–Crippen MR) is 200 cm³/mol. The molecule has 4 unspecified atom stereocenters. The van der Waals surface area contributed by atoms with Crippen molar-refractivity contribution < 1.29 is 37.4 Å². The van der Waals surface area contributed by atoms with Gasteiger partial charge < -0.3 is 44.8 Å². The van der Waals surface area contributed by atoms with E-state index in [1.165, 1.54) is 37.4 Å². The number of imidazole rings is 2. The first-order valence-corrected chi connectivity index (χ1v) is 18.7. The number of carbonyl (C=O) groups is 4. The van der Waals surface area contributed by atoms with Crippen LogP contribution >= 0.6 is 0 Å². The molecule has 2 fully saturated rings. The van der Waals surface area contributed by atoms with E-state index in [1.807, 2.05) is 34.6 Å². The summed E-state index contributed by atoms with van der Waals surface area (Å²) in [5.74, 6) is -1.11. The van der Waals surface area contributed by atoms with Gasteiger partial charge >= 0.3 is 12.2 Å². The Morgan fingerprint density at radius 2 is 1.45 bits per heavy atom. The largest absolute Gasteiger partial charge is 0.453 e. The van der Waals surface area contributed by atoms with Gasteiger partial charge in [-0.05, 0) is 56.6 Å². The molecule has 0 aliphatic carbocycles. The number of likely N-dealkylation sites (tertiary alicyclic amines) is 1. The first-order valence-electron chi connectivity index (χ1n) is 18.7. The van der Waals surface area contributed by atoms with Crippen molar-refractivity contribution in [3.05, 3.63) is 53.5 Å². The van der Waals surface area contributed by atoms with E-state index in [2.05, 4.69) is 35.3 Å². The fourth-order valence-electron chi connectivity index (χ4n) is 7.35. The second-order valence-corrected chi connectivity index (χ2v) is 15.0. The van der Waals surface area contributed by atoms with Gasteiger partial charge in [0.25, 0.3) is 0 Å². The van der Waals surface area contributed by atoms with E-state index in [4.69, 9.17) is 4.74 Å². The number of benzene rings is 1. The SMILES string of the molecule is COC(=O)NC(C(=O)N(C)C(C)c1ncc(C2CCN(c3c(F)cc(-c4cnc(C5CCCN5C(=O)C(NC(=O)OC)C(C)C)[nH]4)cc3F)CC2)[nH]1)C(C)C. The monoisotopic (exact) mass is 769 g/mol. The van der Waals surface area contributed by atoms with Crippen LogP contribution in [0.5, 0.6) is 0 Å². The highest BCUT2D eigenvalue weighted by atomic mass is 19.1. The molecule has 4 heterocycles. The van der Waals surface area contributed by atoms with Gasteiger partial charge in [-0.1, -0.05) is 27.7 Å². The van der Waals surface area contributed by atoms with E-state index >= 15 is 8.78 Å². The molecule has 17 heteroatoms. The van der Waals surface area contributed by atoms with Crippen LogP contribution in [0, 0.1) is 23.5 Å². The van der Waals surface area contributed by atoms with Gasteiger partial charge in [0.2, 0.25) is 11.8 Å². The van der Waals surface area contributed by atoms with Crippen molar-refractivity contribution in [1.82, 2.24) is 40.4 Å². The van der Waals surface area contributed by atoms with Crippen LogP contribution in [-0.4, -0.2) is 107 Å². The number of alkyl carbamates (subject to hydrolysis) is 2. The molecule has 3 aromatic rings. The minimum Gasteiger partial charge on any atom is -0.453 e. The van der Waals surface area contributed by atoms with Gasteiger partial charge in [0, 0.05) is 50.1 Å². The number of H-pyrrole nitrogens is 2. The summed E-state index contributed by atoms with van der Waals surface area (Å²) in [4.78, 5) is 71.0. The molecule has 15 nitrogen and oxygen atoms in total. The lowest BCUT2D eigenvalue weighted by molar-refractivity contribution is -0.136. The summed E-state index contributed by atoms with van der Waals surface area (Å²) in [6.45, 7) is 10.5. The second-order valence-electron chi connectivity index (χ2n) is 15.0. The quantitative estimate of drug-likeness (QED) is 0.188. The van der Waals surface area contributed by atoms with Gasteiger partial charge in [0.05, 0.1) is 38.2 Å². The van der Waals surface area contributed by atoms with E-state index in [1.54, 1.807) is 23.0 Å². The Morgan fingerprint density at radius 1 is 0.855 bits per heavy atom. The molecule has 4 amide bonds. The molecule has 0 saturated carbocycles. The summed E-state index contributed by atoms with van der Waals surface area (Å²) < 4.78 is 40.8. The Morgan fingerprint density at radius 3 is 2.04 bits per heavy atom. The number of piperidine rings is 1. The predicted octanol–water partition coefficient (Wildman–Crippen LogP) is 5.41. The third kappa shape index (κ3) is 9.02. The maximum Gasteiger partial charge on any atom is 0.407 e. The van der Waals surface area contributed by atoms with Crippen molar-refractivity contribution in [2.75, 3.05) is 45.8 Å². The summed E-state index contributed by atoms with van der Waals surface area (Å²) in [6.07, 6.45) is 4.51. The van der Waals surface area contributed by atoms with Crippen LogP contribution in [-0.2, 0) is 19.1 Å². The zero-order chi connectivity index (χ0) is 40.1. The number of halogens is 2. The molecular weight excluding hydrogens is 716 g/mol. The van der Waals surface area contributed by atoms with Crippen LogP contribution in [0.2, 0.25) is 0 Å². The second kappa shape index (κ2) is 17.5. The average molecular weight is 770 g/mol. The molecule has 4 atom stereocenters. The van der Waals surface area contributed by atoms with Crippen LogP contribution < -0.4 is 15.5 Å². The fourth-order valence-corrected chi connectivity index (χ4v) is 7.35. The highest BCUT2D eigenvalue weighted by Crippen LogP contribution is 2.36. The summed E-state index contributed by atoms with van der Waals surface area (Å²) in [7, 11) is 4.14. The van der Waals surface area contributed by atoms with E-state index in [-0.39, 0.29) is 41.3 Å². The molecule has 4 N–H and O–H groups in total. The number of amides is 4. The Labute approximate surface area is 319 Å². The van der Waals surface area contributed by atoms with E-state index in [9.17, 15) is 19.2 Å². The standard InChI is InChI=1S/C38H53F2N9O6/c1-20(2)30(45-37(52)54-7)35(50)47(6)22(5)33-41-18-27(43-33)23-11-14-48(15-12-23)32-25(39)16-24(17-26(32)40)28-19-42-34(44-28)29-10-9-13-49(29)36(51)31(21(3)4)46-38(53)55-8/h16-23,29-31H,9-15H2,1-8H3,(H,41,43)(H,42,44)(H,45,52)(H,46,53). The maximum atomic E-state index is 15.7. The molecular formula is C38H53F2N9O6. The zero-order valence-electron chi connectivity index (χ0n) is 32.7. The third-order valence-corrected chi connectivity index (χ3v) is 10.7. The van der Waals surface area contributed by atoms with Gasteiger partial charge in [0.15, 0.2) is 0 Å². The summed E-state index contributed by atoms with van der Waals surface area (Å²) in [5.41, 5.74) is 1.50. The number of rotatable bonds is 12. The summed E-state index contributed by atoms with van der Waals surface area (Å²) >= 11 is 0. The van der Waals surface area contributed by atoms with Gasteiger partial charge in [-0.15, -0.1) is 0 Å². The average Bonchev–Trinajstić information content (AvgIpc) is 3.96. The van der Waals surface area contributed by atoms with Gasteiger partial charge in [-0.2, -0.15) is 0 Å². The number of hydrogen-bond donors (Lipinski definition) is 4. The Hall–Kier alpha value is -5.22. The number of anilines is 1. The van der Waals surface area contributed by atoms with Crippen molar-refractivity contribution in [2.24, 2.45) is 11.8 Å². The first kappa shape index (κ1) is 41.0. The normalized spacial score (nSPS) is 17.9. The lowest BCUT2D eigenvalue weighted by Crippen LogP contribution is -2.51. The van der Waals surface area contributed by atoms with E-state index in [0.717, 1.165) is 12.1 Å². The molecule has 2 aliphatic rings. The summed E-state index contributed by atoms with van der Waals surface area (Å²) in [6, 6.07) is 0.227. The van der Waals surface area contributed by atoms with Gasteiger partial charge in [-0.3, -0.25) is 9.59 Å². The highest BCUT2D eigenvalue weighted by Gasteiger charge is 2.38. The van der Waals surface area contributed by atoms with Crippen molar-refractivity contribution >= 4 is 29.7 Å². The Balaban J connectivity index is 1.22. The van der Waals surface area contributed by atoms with E-state index in [0.29, 0.717) is 61.8 Å². The maximum absolute atomic E-state index is 15.7. The number of ether oxygens (including phenoxy) is 2. The number of carbonyl (C=O) groups excluding carboxylic acids is 4. The number of aromatic nitrogens is 4. The highest BCUT2D eigenvalue weighted by molar-refractivity contribution is 5.87. The number of nitrogens with zero attached hydrogens (tertiary/aromatic N) is 5. The molecule has 55 heavy (non-hydrogen) atoms. The minimum atomic E-state index is -0.782. The van der Waals surface area contributed by atoms with Gasteiger partial charge in [0.1, 0.15) is 41.1 Å². The van der Waals surface area contributed by atoms with Crippen LogP contribution in [0.3, 0.4) is 0 Å². The molecule has 1 aromatic carbocycles. The molecule has 2 saturated heterocycles. The third-order valence-electron chi connectivity index (χ3n) is 10.7. The van der Waals surface area contributed by atoms with Crippen molar-refractivity contribution in [3.8, 4) is 11.3 Å². The van der Waals surface area contributed by atoms with Crippen molar-refractivity contribution in [2.45, 2.75) is 90.4 Å². The van der Waals surface area contributed by atoms with Crippen molar-refractivity contribution in [1.29, 1.82) is 0 Å². The van der Waals surface area contributed by atoms with Gasteiger partial charge in [-0.25, -0.2) is 28.3 Å². The first-order chi connectivity index (χ1) is 26.1. The molecule has 0 bridgehead atoms. The molecule has 2 aliphatic heterocycles. The number of hydrogen-bond acceptors (Lipinski definition) is 9. The molecule has 5 rings (SSSR count). The lowest BCUT2D eigenvalue weighted by Gasteiger charge is -2.33. The van der Waals surface area contributed by atoms with Crippen LogP contribution in [0.25, 0.3) is 11.3 Å². The number of nitrogens with one attached hydrogen (secondary N) is 4. The molecule has 300 valence electrons. The van der Waals surface area contributed by atoms with Crippen LogP contribution in [0.1, 0.15) is 95.6 Å². The minimum absolute atomic E-state index is 0.0676. The zero-order valence-corrected chi connectivity index (χ0v) is 32.7. The smallest absolute Gasteiger partial charge is 0.407 e. The Kier molecular flexibility index (Phi) is 13.0. The molecule has 2 aromatic heterocycles. The van der Waals surface area contributed by atoms with Crippen LogP contribution in [0.15, 0.2) is 24.5 Å². The molecule has 0 radical (unpaired) electrons. The van der Waals surface area contributed by atoms with E-state index < -0.39 is 41.9 Å². The number of likely N-dealkylation sites (N-methyl/N-ethyl adjacent to an activating group) is 1. The molecule has 0 spiro atoms. The Bertz CT molecular complexity index is 1820. The number of aromatic amines is 2. The van der Waals surface area contributed by atoms with Crippen LogP contribution in [0.4, 0.5) is 24.1 Å². The summed E-state index contributed by atoms with van der Waals surface area (Å²) in [5, 5.41) is 5.23. The number of methoxy groups -OCH3 is 2. The lowest BCUT2D eigenvalue weighted by atomic mass is 9.93. The van der Waals surface area contributed by atoms with Crippen molar-refractivity contribution in [3.63, 3.8) is 0 Å². The topological polar surface area (TPSA) is 178 Å².